The van der Waals surface area contributed by atoms with Crippen molar-refractivity contribution < 1.29 is 23.9 Å². The number of hydrogen-bond acceptors (Lipinski definition) is 5. The van der Waals surface area contributed by atoms with E-state index in [0.717, 1.165) is 22.4 Å². The van der Waals surface area contributed by atoms with E-state index in [2.05, 4.69) is 11.4 Å². The van der Waals surface area contributed by atoms with E-state index in [1.165, 1.54) is 5.56 Å². The van der Waals surface area contributed by atoms with Gasteiger partial charge in [-0.3, -0.25) is 14.5 Å². The minimum Gasteiger partial charge on any atom is -0.454 e. The third-order valence-electron chi connectivity index (χ3n) is 6.12. The molecule has 2 aromatic carbocycles. The van der Waals surface area contributed by atoms with E-state index in [0.29, 0.717) is 24.6 Å². The molecule has 3 aliphatic heterocycles. The van der Waals surface area contributed by atoms with Gasteiger partial charge in [-0.2, -0.15) is 0 Å². The molecule has 0 spiro atoms. The van der Waals surface area contributed by atoms with E-state index in [1.807, 2.05) is 30.3 Å². The lowest BCUT2D eigenvalue weighted by Gasteiger charge is -2.30. The van der Waals surface area contributed by atoms with Crippen molar-refractivity contribution >= 4 is 17.8 Å². The van der Waals surface area contributed by atoms with Crippen LogP contribution in [0.15, 0.2) is 42.5 Å². The number of carbonyl (C=O) groups is 3. The number of nitrogens with zero attached hydrogens (tertiary/aromatic N) is 2. The third kappa shape index (κ3) is 3.48. The molecule has 0 aliphatic carbocycles. The van der Waals surface area contributed by atoms with Gasteiger partial charge >= 0.3 is 6.03 Å². The predicted molar refractivity (Wildman–Crippen MR) is 110 cm³/mol. The summed E-state index contributed by atoms with van der Waals surface area (Å²) in [5.74, 6) is 0.646. The first kappa shape index (κ1) is 19.4. The van der Waals surface area contributed by atoms with Crippen molar-refractivity contribution in [3.8, 4) is 11.5 Å². The highest BCUT2D eigenvalue weighted by molar-refractivity contribution is 6.09. The summed E-state index contributed by atoms with van der Waals surface area (Å²) in [6.07, 6.45) is 1.06. The van der Waals surface area contributed by atoms with Gasteiger partial charge in [0.1, 0.15) is 12.1 Å². The Morgan fingerprint density at radius 2 is 1.87 bits per heavy atom. The molecule has 4 amide bonds. The summed E-state index contributed by atoms with van der Waals surface area (Å²) in [6.45, 7) is 2.66. The van der Waals surface area contributed by atoms with Gasteiger partial charge in [-0.15, -0.1) is 0 Å². The molecular formula is C23H23N3O5. The lowest BCUT2D eigenvalue weighted by molar-refractivity contribution is -0.139. The van der Waals surface area contributed by atoms with Gasteiger partial charge < -0.3 is 19.7 Å². The molecule has 3 heterocycles. The fourth-order valence-corrected chi connectivity index (χ4v) is 4.41. The molecule has 0 aromatic heterocycles. The van der Waals surface area contributed by atoms with Gasteiger partial charge in [-0.05, 0) is 42.2 Å². The van der Waals surface area contributed by atoms with Gasteiger partial charge in [0.2, 0.25) is 12.7 Å². The minimum absolute atomic E-state index is 0.169. The summed E-state index contributed by atoms with van der Waals surface area (Å²) < 4.78 is 10.7. The molecular weight excluding hydrogens is 398 g/mol. The highest BCUT2D eigenvalue weighted by atomic mass is 16.7. The molecule has 5 rings (SSSR count). The van der Waals surface area contributed by atoms with Gasteiger partial charge in [0.25, 0.3) is 5.91 Å². The van der Waals surface area contributed by atoms with Crippen LogP contribution in [0, 0.1) is 0 Å². The third-order valence-corrected chi connectivity index (χ3v) is 6.12. The van der Waals surface area contributed by atoms with Crippen LogP contribution in [-0.4, -0.2) is 53.1 Å². The van der Waals surface area contributed by atoms with Gasteiger partial charge in [0, 0.05) is 19.5 Å². The molecule has 160 valence electrons. The van der Waals surface area contributed by atoms with E-state index in [1.54, 1.807) is 17.9 Å². The number of benzene rings is 2. The molecule has 2 aromatic rings. The Morgan fingerprint density at radius 1 is 1.10 bits per heavy atom. The molecule has 0 saturated carbocycles. The number of nitrogens with one attached hydrogen (secondary N) is 1. The largest absolute Gasteiger partial charge is 0.454 e. The highest BCUT2D eigenvalue weighted by Crippen LogP contribution is 2.34. The zero-order chi connectivity index (χ0) is 21.6. The van der Waals surface area contributed by atoms with Crippen LogP contribution in [0.2, 0.25) is 0 Å². The SMILES string of the molecule is CC1(Cc2ccc3c(c2)OCO3)NC(=O)N(CC(=O)N2CCc3ccccc3C2)C1=O. The molecule has 8 heteroatoms. The molecule has 1 saturated heterocycles. The average molecular weight is 421 g/mol. The van der Waals surface area contributed by atoms with Gasteiger partial charge in [0.05, 0.1) is 0 Å². The van der Waals surface area contributed by atoms with E-state index in [4.69, 9.17) is 9.47 Å². The molecule has 31 heavy (non-hydrogen) atoms. The van der Waals surface area contributed by atoms with Crippen LogP contribution in [0.4, 0.5) is 4.79 Å². The van der Waals surface area contributed by atoms with Crippen molar-refractivity contribution in [2.45, 2.75) is 31.8 Å². The maximum atomic E-state index is 13.1. The van der Waals surface area contributed by atoms with E-state index < -0.39 is 17.5 Å². The fourth-order valence-electron chi connectivity index (χ4n) is 4.41. The van der Waals surface area contributed by atoms with Crippen molar-refractivity contribution in [1.29, 1.82) is 0 Å². The monoisotopic (exact) mass is 421 g/mol. The lowest BCUT2D eigenvalue weighted by atomic mass is 9.92. The van der Waals surface area contributed by atoms with Crippen molar-refractivity contribution in [3.05, 3.63) is 59.2 Å². The number of hydrogen-bond donors (Lipinski definition) is 1. The quantitative estimate of drug-likeness (QED) is 0.762. The summed E-state index contributed by atoms with van der Waals surface area (Å²) >= 11 is 0. The second kappa shape index (κ2) is 7.30. The maximum Gasteiger partial charge on any atom is 0.325 e. The van der Waals surface area contributed by atoms with Crippen LogP contribution in [0.25, 0.3) is 0 Å². The van der Waals surface area contributed by atoms with E-state index >= 15 is 0 Å². The van der Waals surface area contributed by atoms with E-state index in [-0.39, 0.29) is 25.7 Å². The molecule has 1 fully saturated rings. The molecule has 1 atom stereocenters. The summed E-state index contributed by atoms with van der Waals surface area (Å²) in [6, 6.07) is 12.9. The number of ether oxygens (including phenoxy) is 2. The topological polar surface area (TPSA) is 88.2 Å². The Morgan fingerprint density at radius 3 is 2.71 bits per heavy atom. The van der Waals surface area contributed by atoms with Gasteiger partial charge in [-0.25, -0.2) is 4.79 Å². The van der Waals surface area contributed by atoms with Crippen LogP contribution in [-0.2, 0) is 29.0 Å². The van der Waals surface area contributed by atoms with Crippen molar-refractivity contribution in [2.24, 2.45) is 0 Å². The first-order valence-electron chi connectivity index (χ1n) is 10.3. The smallest absolute Gasteiger partial charge is 0.325 e. The number of rotatable bonds is 4. The van der Waals surface area contributed by atoms with Crippen LogP contribution in [0.3, 0.4) is 0 Å². The Kier molecular flexibility index (Phi) is 4.57. The molecule has 1 N–H and O–H groups in total. The second-order valence-corrected chi connectivity index (χ2v) is 8.35. The number of fused-ring (bicyclic) bond motifs is 2. The zero-order valence-electron chi connectivity index (χ0n) is 17.2. The first-order chi connectivity index (χ1) is 14.9. The summed E-state index contributed by atoms with van der Waals surface area (Å²) in [5, 5.41) is 2.76. The van der Waals surface area contributed by atoms with Crippen LogP contribution in [0.1, 0.15) is 23.6 Å². The van der Waals surface area contributed by atoms with E-state index in [9.17, 15) is 14.4 Å². The summed E-state index contributed by atoms with van der Waals surface area (Å²) in [5.41, 5.74) is 2.05. The number of amides is 4. The standard InChI is InChI=1S/C23H23N3O5/c1-23(11-15-6-7-18-19(10-15)31-14-30-18)21(28)26(22(29)24-23)13-20(27)25-9-8-16-4-2-3-5-17(16)12-25/h2-7,10H,8-9,11-14H2,1H3,(H,24,29). The number of urea groups is 1. The second-order valence-electron chi connectivity index (χ2n) is 8.35. The van der Waals surface area contributed by atoms with Crippen LogP contribution < -0.4 is 14.8 Å². The molecule has 0 bridgehead atoms. The fraction of sp³-hybridized carbons (Fsp3) is 0.348. The average Bonchev–Trinajstić information content (AvgIpc) is 3.31. The molecule has 1 unspecified atom stereocenters. The highest BCUT2D eigenvalue weighted by Gasteiger charge is 2.48. The zero-order valence-corrected chi connectivity index (χ0v) is 17.2. The lowest BCUT2D eigenvalue weighted by Crippen LogP contribution is -2.47. The first-order valence-corrected chi connectivity index (χ1v) is 10.3. The van der Waals surface area contributed by atoms with Crippen LogP contribution >= 0.6 is 0 Å². The minimum atomic E-state index is -1.13. The Balaban J connectivity index is 1.27. The van der Waals surface area contributed by atoms with Gasteiger partial charge in [-0.1, -0.05) is 30.3 Å². The normalized spacial score (nSPS) is 21.8. The Bertz CT molecular complexity index is 1080. The van der Waals surface area contributed by atoms with Crippen molar-refractivity contribution in [2.75, 3.05) is 19.9 Å². The van der Waals surface area contributed by atoms with Crippen molar-refractivity contribution in [3.63, 3.8) is 0 Å². The van der Waals surface area contributed by atoms with Crippen LogP contribution in [0.5, 0.6) is 11.5 Å². The molecule has 0 radical (unpaired) electrons. The molecule has 3 aliphatic rings. The Labute approximate surface area is 179 Å². The summed E-state index contributed by atoms with van der Waals surface area (Å²) in [4.78, 5) is 41.3. The summed E-state index contributed by atoms with van der Waals surface area (Å²) in [7, 11) is 0. The van der Waals surface area contributed by atoms with Gasteiger partial charge in [0.15, 0.2) is 11.5 Å². The number of carbonyl (C=O) groups excluding carboxylic acids is 3. The number of imide groups is 1. The molecule has 8 nitrogen and oxygen atoms in total. The maximum absolute atomic E-state index is 13.1. The Hall–Kier alpha value is -3.55. The van der Waals surface area contributed by atoms with Crippen molar-refractivity contribution in [1.82, 2.24) is 15.1 Å². The predicted octanol–water partition coefficient (Wildman–Crippen LogP) is 1.85.